The molecule has 1 atom stereocenters. The number of allylic oxidation sites excluding steroid dienone is 5. The van der Waals surface area contributed by atoms with Gasteiger partial charge in [0.25, 0.3) is 5.91 Å². The van der Waals surface area contributed by atoms with Gasteiger partial charge in [-0.2, -0.15) is 0 Å². The fourth-order valence-electron chi connectivity index (χ4n) is 2.58. The van der Waals surface area contributed by atoms with Crippen LogP contribution in [0.2, 0.25) is 0 Å². The predicted molar refractivity (Wildman–Crippen MR) is 112 cm³/mol. The Morgan fingerprint density at radius 1 is 1.32 bits per heavy atom. The number of unbranched alkanes of at least 4 members (excludes halogenated alkanes) is 1. The molecule has 0 saturated heterocycles. The van der Waals surface area contributed by atoms with Crippen molar-refractivity contribution in [3.8, 4) is 0 Å². The van der Waals surface area contributed by atoms with Crippen LogP contribution in [0.5, 0.6) is 0 Å². The molecule has 0 fully saturated rings. The summed E-state index contributed by atoms with van der Waals surface area (Å²) < 4.78 is 0. The minimum Gasteiger partial charge on any atom is -0.402 e. The fourth-order valence-corrected chi connectivity index (χ4v) is 3.32. The van der Waals surface area contributed by atoms with Crippen molar-refractivity contribution in [3.63, 3.8) is 0 Å². The summed E-state index contributed by atoms with van der Waals surface area (Å²) in [4.78, 5) is 12.0. The van der Waals surface area contributed by atoms with Gasteiger partial charge in [-0.25, -0.2) is 0 Å². The number of carbonyl (C=O) groups excluding carboxylic acids is 1. The largest absolute Gasteiger partial charge is 0.402 e. The molecule has 28 heavy (non-hydrogen) atoms. The molecule has 0 aliphatic heterocycles. The van der Waals surface area contributed by atoms with Crippen LogP contribution in [0.3, 0.4) is 0 Å². The Morgan fingerprint density at radius 3 is 2.82 bits per heavy atom. The van der Waals surface area contributed by atoms with Gasteiger partial charge in [0.15, 0.2) is 6.10 Å². The number of hydrogen-bond donors (Lipinski definition) is 5. The number of aliphatic hydroxyl groups excluding tert-OH is 1. The molecule has 0 aromatic carbocycles. The van der Waals surface area contributed by atoms with Crippen LogP contribution in [-0.4, -0.2) is 34.4 Å². The summed E-state index contributed by atoms with van der Waals surface area (Å²) in [6.45, 7) is 0. The summed E-state index contributed by atoms with van der Waals surface area (Å²) in [5, 5.41) is 25.4. The van der Waals surface area contributed by atoms with Gasteiger partial charge in [0.05, 0.1) is 0 Å². The van der Waals surface area contributed by atoms with Gasteiger partial charge in [0, 0.05) is 19.2 Å². The predicted octanol–water partition coefficient (Wildman–Crippen LogP) is 1.69. The van der Waals surface area contributed by atoms with Crippen LogP contribution < -0.4 is 22.1 Å². The maximum atomic E-state index is 12.0. The minimum absolute atomic E-state index is 0.140. The molecule has 152 valence electrons. The Hall–Kier alpha value is -2.65. The third kappa shape index (κ3) is 7.16. The van der Waals surface area contributed by atoms with Gasteiger partial charge in [-0.05, 0) is 49.8 Å². The summed E-state index contributed by atoms with van der Waals surface area (Å²) in [6, 6.07) is 0. The number of anilines is 1. The Bertz CT molecular complexity index is 781. The molecule has 0 bridgehead atoms. The highest BCUT2D eigenvalue weighted by Crippen LogP contribution is 2.17. The molecule has 1 amide bonds. The van der Waals surface area contributed by atoms with E-state index in [1.54, 1.807) is 23.5 Å². The number of aryl methyl sites for hydroxylation is 1. The normalized spacial score (nSPS) is 15.9. The van der Waals surface area contributed by atoms with Crippen LogP contribution in [0, 0.1) is 0 Å². The highest BCUT2D eigenvalue weighted by Gasteiger charge is 2.19. The Labute approximate surface area is 169 Å². The summed E-state index contributed by atoms with van der Waals surface area (Å²) in [7, 11) is 1.82. The van der Waals surface area contributed by atoms with Crippen molar-refractivity contribution in [1.82, 2.24) is 15.5 Å². The van der Waals surface area contributed by atoms with Crippen LogP contribution in [0.25, 0.3) is 0 Å². The lowest BCUT2D eigenvalue weighted by atomic mass is 10.0. The lowest BCUT2D eigenvalue weighted by molar-refractivity contribution is -0.126. The minimum atomic E-state index is -1.23. The molecule has 1 heterocycles. The van der Waals surface area contributed by atoms with Gasteiger partial charge < -0.3 is 27.2 Å². The van der Waals surface area contributed by atoms with E-state index >= 15 is 0 Å². The lowest BCUT2D eigenvalue weighted by Gasteiger charge is -2.14. The van der Waals surface area contributed by atoms with Crippen molar-refractivity contribution < 1.29 is 9.90 Å². The number of nitrogens with one attached hydrogen (secondary N) is 2. The van der Waals surface area contributed by atoms with Crippen LogP contribution in [0.1, 0.15) is 37.1 Å². The Kier molecular flexibility index (Phi) is 8.70. The first kappa shape index (κ1) is 21.6. The molecular formula is C19H28N6O2S. The van der Waals surface area contributed by atoms with Crippen molar-refractivity contribution in [2.75, 3.05) is 12.4 Å². The molecule has 1 aromatic rings. The molecule has 1 aliphatic carbocycles. The zero-order valence-corrected chi connectivity index (χ0v) is 16.8. The van der Waals surface area contributed by atoms with E-state index in [1.807, 2.05) is 19.2 Å². The zero-order valence-electron chi connectivity index (χ0n) is 16.0. The van der Waals surface area contributed by atoms with Crippen LogP contribution in [0.15, 0.2) is 47.5 Å². The van der Waals surface area contributed by atoms with E-state index in [1.165, 1.54) is 6.08 Å². The average molecular weight is 405 g/mol. The van der Waals surface area contributed by atoms with Crippen molar-refractivity contribution in [3.05, 3.63) is 52.5 Å². The third-order valence-electron chi connectivity index (χ3n) is 4.12. The number of aromatic nitrogens is 2. The maximum absolute atomic E-state index is 12.0. The highest BCUT2D eigenvalue weighted by atomic mass is 32.1. The number of carbonyl (C=O) groups is 1. The van der Waals surface area contributed by atoms with Crippen molar-refractivity contribution in [1.29, 1.82) is 0 Å². The summed E-state index contributed by atoms with van der Waals surface area (Å²) in [6.07, 6.45) is 12.7. The Morgan fingerprint density at radius 2 is 2.14 bits per heavy atom. The fraction of sp³-hybridized carbons (Fsp3) is 0.421. The van der Waals surface area contributed by atoms with Crippen LogP contribution in [0.4, 0.5) is 5.13 Å². The van der Waals surface area contributed by atoms with Gasteiger partial charge in [0.1, 0.15) is 10.8 Å². The second-order valence-electron chi connectivity index (χ2n) is 6.40. The second kappa shape index (κ2) is 11.3. The van der Waals surface area contributed by atoms with E-state index in [4.69, 9.17) is 11.5 Å². The maximum Gasteiger partial charge on any atom is 0.258 e. The molecule has 0 saturated carbocycles. The molecule has 9 heteroatoms. The third-order valence-corrected chi connectivity index (χ3v) is 5.12. The number of amides is 1. The Balaban J connectivity index is 1.72. The van der Waals surface area contributed by atoms with E-state index in [0.717, 1.165) is 48.7 Å². The molecule has 7 N–H and O–H groups in total. The smallest absolute Gasteiger partial charge is 0.258 e. The number of hydrogen-bond acceptors (Lipinski definition) is 8. The molecule has 0 spiro atoms. The van der Waals surface area contributed by atoms with Gasteiger partial charge in [-0.15, -0.1) is 10.2 Å². The molecule has 1 unspecified atom stereocenters. The van der Waals surface area contributed by atoms with Crippen LogP contribution in [-0.2, 0) is 11.2 Å². The number of nitrogens with two attached hydrogens (primary N) is 2. The average Bonchev–Trinajstić information content (AvgIpc) is 3.17. The van der Waals surface area contributed by atoms with E-state index in [2.05, 4.69) is 20.8 Å². The van der Waals surface area contributed by atoms with Crippen molar-refractivity contribution >= 4 is 22.4 Å². The first-order valence-electron chi connectivity index (χ1n) is 9.27. The quantitative estimate of drug-likeness (QED) is 0.295. The SMILES string of the molecule is CNc1nnc(CCCC/C(N)=C/C=C(\N)NC(=O)C(O)C2=CCCC=C2)s1. The summed E-state index contributed by atoms with van der Waals surface area (Å²) >= 11 is 1.55. The molecular weight excluding hydrogens is 376 g/mol. The summed E-state index contributed by atoms with van der Waals surface area (Å²) in [5.41, 5.74) is 13.0. The number of nitrogens with zero attached hydrogens (tertiary/aromatic N) is 2. The number of aliphatic hydroxyl groups is 1. The highest BCUT2D eigenvalue weighted by molar-refractivity contribution is 7.15. The lowest BCUT2D eigenvalue weighted by Crippen LogP contribution is -2.37. The molecule has 2 rings (SSSR count). The molecule has 1 aromatic heterocycles. The first-order chi connectivity index (χ1) is 13.5. The van der Waals surface area contributed by atoms with Gasteiger partial charge in [0.2, 0.25) is 5.13 Å². The summed E-state index contributed by atoms with van der Waals surface area (Å²) in [5.74, 6) is -0.419. The van der Waals surface area contributed by atoms with Crippen molar-refractivity contribution in [2.45, 2.75) is 44.6 Å². The second-order valence-corrected chi connectivity index (χ2v) is 7.46. The topological polar surface area (TPSA) is 139 Å². The van der Waals surface area contributed by atoms with E-state index in [0.29, 0.717) is 11.3 Å². The van der Waals surface area contributed by atoms with Crippen LogP contribution >= 0.6 is 11.3 Å². The van der Waals surface area contributed by atoms with E-state index in [-0.39, 0.29) is 5.82 Å². The number of rotatable bonds is 10. The monoisotopic (exact) mass is 404 g/mol. The van der Waals surface area contributed by atoms with Gasteiger partial charge in [-0.3, -0.25) is 4.79 Å². The molecule has 0 radical (unpaired) electrons. The standard InChI is InChI=1S/C19H28N6O2S/c1-22-19-25-24-16(28-19)10-6-5-9-14(20)11-12-15(21)23-18(27)17(26)13-7-3-2-4-8-13/h3,7-8,11-12,17,26H,2,4-6,9-10,20-21H2,1H3,(H,22,25)(H,23,27)/b14-11-,15-12+. The van der Waals surface area contributed by atoms with E-state index < -0.39 is 12.0 Å². The van der Waals surface area contributed by atoms with Crippen molar-refractivity contribution in [2.24, 2.45) is 11.5 Å². The van der Waals surface area contributed by atoms with E-state index in [9.17, 15) is 9.90 Å². The van der Waals surface area contributed by atoms with Gasteiger partial charge >= 0.3 is 0 Å². The first-order valence-corrected chi connectivity index (χ1v) is 10.1. The van der Waals surface area contributed by atoms with Gasteiger partial charge in [-0.1, -0.05) is 29.6 Å². The molecule has 1 aliphatic rings. The zero-order chi connectivity index (χ0) is 20.4. The molecule has 8 nitrogen and oxygen atoms in total.